The lowest BCUT2D eigenvalue weighted by molar-refractivity contribution is 0.0938. The SMILES string of the molecule is Cc1ccc(N)cc1C(=O)NCCN1CCCCC1C. The molecular formula is C16H25N3O. The summed E-state index contributed by atoms with van der Waals surface area (Å²) in [5, 5.41) is 3.00. The standard InChI is InChI=1S/C16H25N3O/c1-12-6-7-14(17)11-15(12)16(20)18-8-10-19-9-4-3-5-13(19)2/h6-7,11,13H,3-5,8-10,17H2,1-2H3,(H,18,20). The fraction of sp³-hybridized carbons (Fsp3) is 0.562. The van der Waals surface area contributed by atoms with E-state index in [9.17, 15) is 4.79 Å². The summed E-state index contributed by atoms with van der Waals surface area (Å²) in [6.07, 6.45) is 3.86. The molecule has 0 aromatic heterocycles. The molecule has 2 rings (SSSR count). The number of nitrogens with two attached hydrogens (primary N) is 1. The molecule has 4 nitrogen and oxygen atoms in total. The Kier molecular flexibility index (Phi) is 5.01. The number of hydrogen-bond donors (Lipinski definition) is 2. The quantitative estimate of drug-likeness (QED) is 0.828. The van der Waals surface area contributed by atoms with Crippen molar-refractivity contribution in [2.45, 2.75) is 39.2 Å². The zero-order chi connectivity index (χ0) is 14.5. The number of piperidine rings is 1. The van der Waals surface area contributed by atoms with Gasteiger partial charge in [-0.3, -0.25) is 9.69 Å². The van der Waals surface area contributed by atoms with Gasteiger partial charge in [0.15, 0.2) is 0 Å². The minimum Gasteiger partial charge on any atom is -0.399 e. The molecule has 1 atom stereocenters. The first kappa shape index (κ1) is 14.9. The molecule has 1 aliphatic heterocycles. The van der Waals surface area contributed by atoms with Crippen LogP contribution >= 0.6 is 0 Å². The molecular weight excluding hydrogens is 250 g/mol. The molecule has 1 unspecified atom stereocenters. The molecule has 1 saturated heterocycles. The van der Waals surface area contributed by atoms with E-state index in [0.29, 0.717) is 23.8 Å². The Morgan fingerprint density at radius 2 is 2.25 bits per heavy atom. The van der Waals surface area contributed by atoms with Crippen molar-refractivity contribution >= 4 is 11.6 Å². The van der Waals surface area contributed by atoms with Gasteiger partial charge in [-0.2, -0.15) is 0 Å². The van der Waals surface area contributed by atoms with Crippen molar-refractivity contribution in [1.29, 1.82) is 0 Å². The molecule has 0 bridgehead atoms. The van der Waals surface area contributed by atoms with Crippen molar-refractivity contribution in [2.75, 3.05) is 25.4 Å². The molecule has 1 heterocycles. The van der Waals surface area contributed by atoms with E-state index >= 15 is 0 Å². The Balaban J connectivity index is 1.84. The average molecular weight is 275 g/mol. The second-order valence-corrected chi connectivity index (χ2v) is 5.71. The molecule has 0 saturated carbocycles. The number of nitrogen functional groups attached to an aromatic ring is 1. The lowest BCUT2D eigenvalue weighted by Crippen LogP contribution is -2.42. The molecule has 0 aliphatic carbocycles. The molecule has 1 aromatic rings. The van der Waals surface area contributed by atoms with Crippen LogP contribution in [0.25, 0.3) is 0 Å². The van der Waals surface area contributed by atoms with Gasteiger partial charge in [0.2, 0.25) is 0 Å². The highest BCUT2D eigenvalue weighted by Gasteiger charge is 2.17. The first-order valence-electron chi connectivity index (χ1n) is 7.46. The van der Waals surface area contributed by atoms with Gasteiger partial charge in [0.05, 0.1) is 0 Å². The number of likely N-dealkylation sites (tertiary alicyclic amines) is 1. The van der Waals surface area contributed by atoms with E-state index in [1.165, 1.54) is 19.3 Å². The summed E-state index contributed by atoms with van der Waals surface area (Å²) in [7, 11) is 0. The lowest BCUT2D eigenvalue weighted by Gasteiger charge is -2.33. The minimum atomic E-state index is -0.0283. The van der Waals surface area contributed by atoms with Crippen molar-refractivity contribution in [3.05, 3.63) is 29.3 Å². The third-order valence-electron chi connectivity index (χ3n) is 4.13. The number of nitrogens with one attached hydrogen (secondary N) is 1. The predicted octanol–water partition coefficient (Wildman–Crippen LogP) is 2.18. The van der Waals surface area contributed by atoms with Crippen LogP contribution in [0.15, 0.2) is 18.2 Å². The summed E-state index contributed by atoms with van der Waals surface area (Å²) in [5.41, 5.74) is 8.01. The Labute approximate surface area is 121 Å². The topological polar surface area (TPSA) is 58.4 Å². The molecule has 1 amide bonds. The normalized spacial score (nSPS) is 19.8. The fourth-order valence-electron chi connectivity index (χ4n) is 2.78. The van der Waals surface area contributed by atoms with Crippen molar-refractivity contribution < 1.29 is 4.79 Å². The van der Waals surface area contributed by atoms with Crippen LogP contribution in [0, 0.1) is 6.92 Å². The number of carbonyl (C=O) groups is 1. The highest BCUT2D eigenvalue weighted by molar-refractivity contribution is 5.96. The first-order valence-corrected chi connectivity index (χ1v) is 7.46. The van der Waals surface area contributed by atoms with E-state index in [1.54, 1.807) is 6.07 Å². The first-order chi connectivity index (χ1) is 9.58. The van der Waals surface area contributed by atoms with Gasteiger partial charge >= 0.3 is 0 Å². The van der Waals surface area contributed by atoms with Gasteiger partial charge in [0, 0.05) is 30.4 Å². The summed E-state index contributed by atoms with van der Waals surface area (Å²) in [6.45, 7) is 6.96. The molecule has 1 fully saturated rings. The molecule has 0 radical (unpaired) electrons. The molecule has 1 aliphatic rings. The highest BCUT2D eigenvalue weighted by Crippen LogP contribution is 2.15. The van der Waals surface area contributed by atoms with E-state index in [1.807, 2.05) is 19.1 Å². The highest BCUT2D eigenvalue weighted by atomic mass is 16.1. The maximum atomic E-state index is 12.2. The summed E-state index contributed by atoms with van der Waals surface area (Å²) in [6, 6.07) is 6.09. The Morgan fingerprint density at radius 1 is 1.45 bits per heavy atom. The summed E-state index contributed by atoms with van der Waals surface area (Å²) in [5.74, 6) is -0.0283. The van der Waals surface area contributed by atoms with Crippen LogP contribution < -0.4 is 11.1 Å². The van der Waals surface area contributed by atoms with Gasteiger partial charge in [-0.05, 0) is 50.9 Å². The zero-order valence-corrected chi connectivity index (χ0v) is 12.5. The third kappa shape index (κ3) is 3.73. The van der Waals surface area contributed by atoms with Crippen LogP contribution in [-0.4, -0.2) is 36.5 Å². The molecule has 20 heavy (non-hydrogen) atoms. The number of rotatable bonds is 4. The van der Waals surface area contributed by atoms with Gasteiger partial charge in [0.1, 0.15) is 0 Å². The summed E-state index contributed by atoms with van der Waals surface area (Å²) >= 11 is 0. The van der Waals surface area contributed by atoms with Crippen LogP contribution in [-0.2, 0) is 0 Å². The second kappa shape index (κ2) is 6.75. The number of anilines is 1. The number of benzene rings is 1. The molecule has 1 aromatic carbocycles. The predicted molar refractivity (Wildman–Crippen MR) is 82.8 cm³/mol. The van der Waals surface area contributed by atoms with Crippen molar-refractivity contribution in [3.63, 3.8) is 0 Å². The van der Waals surface area contributed by atoms with E-state index in [4.69, 9.17) is 5.73 Å². The van der Waals surface area contributed by atoms with E-state index in [0.717, 1.165) is 18.7 Å². The smallest absolute Gasteiger partial charge is 0.251 e. The Hall–Kier alpha value is -1.55. The fourth-order valence-corrected chi connectivity index (χ4v) is 2.78. The van der Waals surface area contributed by atoms with Gasteiger partial charge in [0.25, 0.3) is 5.91 Å². The van der Waals surface area contributed by atoms with Gasteiger partial charge in [-0.25, -0.2) is 0 Å². The van der Waals surface area contributed by atoms with Crippen LogP contribution in [0.1, 0.15) is 42.1 Å². The Bertz CT molecular complexity index is 473. The molecule has 4 heteroatoms. The van der Waals surface area contributed by atoms with Crippen LogP contribution in [0.2, 0.25) is 0 Å². The van der Waals surface area contributed by atoms with Gasteiger partial charge < -0.3 is 11.1 Å². The van der Waals surface area contributed by atoms with Gasteiger partial charge in [-0.15, -0.1) is 0 Å². The molecule has 3 N–H and O–H groups in total. The summed E-state index contributed by atoms with van der Waals surface area (Å²) < 4.78 is 0. The monoisotopic (exact) mass is 275 g/mol. The Morgan fingerprint density at radius 3 is 3.00 bits per heavy atom. The number of amides is 1. The minimum absolute atomic E-state index is 0.0283. The van der Waals surface area contributed by atoms with Crippen LogP contribution in [0.3, 0.4) is 0 Å². The maximum absolute atomic E-state index is 12.2. The van der Waals surface area contributed by atoms with Crippen molar-refractivity contribution in [1.82, 2.24) is 10.2 Å². The van der Waals surface area contributed by atoms with Crippen LogP contribution in [0.4, 0.5) is 5.69 Å². The van der Waals surface area contributed by atoms with E-state index in [2.05, 4.69) is 17.1 Å². The molecule has 110 valence electrons. The van der Waals surface area contributed by atoms with E-state index in [-0.39, 0.29) is 5.91 Å². The second-order valence-electron chi connectivity index (χ2n) is 5.71. The van der Waals surface area contributed by atoms with Gasteiger partial charge in [-0.1, -0.05) is 12.5 Å². The summed E-state index contributed by atoms with van der Waals surface area (Å²) in [4.78, 5) is 14.6. The maximum Gasteiger partial charge on any atom is 0.251 e. The molecule has 0 spiro atoms. The number of carbonyl (C=O) groups excluding carboxylic acids is 1. The third-order valence-corrected chi connectivity index (χ3v) is 4.13. The lowest BCUT2D eigenvalue weighted by atomic mass is 10.0. The largest absolute Gasteiger partial charge is 0.399 e. The number of aryl methyl sites for hydroxylation is 1. The van der Waals surface area contributed by atoms with Crippen molar-refractivity contribution in [2.24, 2.45) is 0 Å². The average Bonchev–Trinajstić information content (AvgIpc) is 2.43. The number of hydrogen-bond acceptors (Lipinski definition) is 3. The van der Waals surface area contributed by atoms with Crippen molar-refractivity contribution in [3.8, 4) is 0 Å². The van der Waals surface area contributed by atoms with E-state index < -0.39 is 0 Å². The number of nitrogens with zero attached hydrogens (tertiary/aromatic N) is 1. The van der Waals surface area contributed by atoms with Crippen LogP contribution in [0.5, 0.6) is 0 Å². The zero-order valence-electron chi connectivity index (χ0n) is 12.5.